The van der Waals surface area contributed by atoms with Crippen LogP contribution in [0.5, 0.6) is 0 Å². The van der Waals surface area contributed by atoms with Crippen LogP contribution in [0, 0.1) is 0 Å². The standard InChI is InChI=1S/C19H18Cl2N4O/c1-13(16-7-6-15(20)10-17(16)21)24-19(26)23-11-14-4-2-3-5-18(14)25-9-8-22-12-25/h2-10,12-13H,11H2,1H3,(H2,23,24,26). The molecule has 0 aliphatic heterocycles. The summed E-state index contributed by atoms with van der Waals surface area (Å²) in [5.74, 6) is 0. The number of nitrogens with one attached hydrogen (secondary N) is 2. The molecule has 3 rings (SSSR count). The second-order valence-corrected chi connectivity index (χ2v) is 6.66. The molecule has 0 spiro atoms. The maximum Gasteiger partial charge on any atom is 0.315 e. The van der Waals surface area contributed by atoms with Gasteiger partial charge in [-0.25, -0.2) is 9.78 Å². The summed E-state index contributed by atoms with van der Waals surface area (Å²) in [6.07, 6.45) is 5.31. The molecule has 1 aromatic heterocycles. The Labute approximate surface area is 162 Å². The molecule has 134 valence electrons. The zero-order valence-electron chi connectivity index (χ0n) is 14.1. The predicted molar refractivity (Wildman–Crippen MR) is 104 cm³/mol. The van der Waals surface area contributed by atoms with Gasteiger partial charge in [0, 0.05) is 29.0 Å². The lowest BCUT2D eigenvalue weighted by Crippen LogP contribution is -2.36. The van der Waals surface area contributed by atoms with Crippen molar-refractivity contribution in [3.05, 3.63) is 82.4 Å². The van der Waals surface area contributed by atoms with E-state index in [1.165, 1.54) is 0 Å². The Balaban J connectivity index is 1.63. The summed E-state index contributed by atoms with van der Waals surface area (Å²) in [5.41, 5.74) is 2.77. The fourth-order valence-electron chi connectivity index (χ4n) is 2.67. The molecule has 7 heteroatoms. The van der Waals surface area contributed by atoms with Gasteiger partial charge < -0.3 is 15.2 Å². The van der Waals surface area contributed by atoms with Crippen LogP contribution in [-0.2, 0) is 6.54 Å². The van der Waals surface area contributed by atoms with Crippen LogP contribution in [-0.4, -0.2) is 15.6 Å². The lowest BCUT2D eigenvalue weighted by molar-refractivity contribution is 0.237. The van der Waals surface area contributed by atoms with Crippen LogP contribution in [0.1, 0.15) is 24.1 Å². The second-order valence-electron chi connectivity index (χ2n) is 5.81. The first-order valence-corrected chi connectivity index (χ1v) is 8.85. The molecular weight excluding hydrogens is 371 g/mol. The molecule has 3 aromatic rings. The van der Waals surface area contributed by atoms with Gasteiger partial charge in [-0.3, -0.25) is 0 Å². The number of carbonyl (C=O) groups is 1. The summed E-state index contributed by atoms with van der Waals surface area (Å²) >= 11 is 12.1. The molecule has 0 fully saturated rings. The maximum atomic E-state index is 12.3. The summed E-state index contributed by atoms with van der Waals surface area (Å²) < 4.78 is 1.91. The molecular formula is C19H18Cl2N4O. The Kier molecular flexibility index (Phi) is 5.81. The minimum Gasteiger partial charge on any atom is -0.334 e. The summed E-state index contributed by atoms with van der Waals surface area (Å²) in [6.45, 7) is 2.26. The monoisotopic (exact) mass is 388 g/mol. The average Bonchev–Trinajstić information content (AvgIpc) is 3.14. The van der Waals surface area contributed by atoms with E-state index < -0.39 is 0 Å². The normalized spacial score (nSPS) is 11.8. The summed E-state index contributed by atoms with van der Waals surface area (Å²) in [6, 6.07) is 12.5. The van der Waals surface area contributed by atoms with Gasteiger partial charge in [0.25, 0.3) is 0 Å². The first-order valence-electron chi connectivity index (χ1n) is 8.10. The van der Waals surface area contributed by atoms with Crippen molar-refractivity contribution in [2.24, 2.45) is 0 Å². The van der Waals surface area contributed by atoms with Gasteiger partial charge in [0.05, 0.1) is 18.1 Å². The Morgan fingerprint density at radius 3 is 2.77 bits per heavy atom. The number of rotatable bonds is 5. The first-order chi connectivity index (χ1) is 12.5. The molecule has 1 atom stereocenters. The fourth-order valence-corrected chi connectivity index (χ4v) is 3.24. The number of aromatic nitrogens is 2. The molecule has 0 saturated heterocycles. The quantitative estimate of drug-likeness (QED) is 0.662. The van der Waals surface area contributed by atoms with Crippen LogP contribution in [0.25, 0.3) is 5.69 Å². The Bertz CT molecular complexity index is 896. The van der Waals surface area contributed by atoms with Gasteiger partial charge in [-0.05, 0) is 36.2 Å². The van der Waals surface area contributed by atoms with Gasteiger partial charge in [0.1, 0.15) is 0 Å². The third kappa shape index (κ3) is 4.36. The summed E-state index contributed by atoms with van der Waals surface area (Å²) in [5, 5.41) is 6.85. The van der Waals surface area contributed by atoms with Gasteiger partial charge >= 0.3 is 6.03 Å². The number of amides is 2. The van der Waals surface area contributed by atoms with Crippen LogP contribution < -0.4 is 10.6 Å². The zero-order valence-corrected chi connectivity index (χ0v) is 15.6. The molecule has 0 radical (unpaired) electrons. The molecule has 5 nitrogen and oxygen atoms in total. The number of urea groups is 1. The summed E-state index contributed by atoms with van der Waals surface area (Å²) in [7, 11) is 0. The number of hydrogen-bond acceptors (Lipinski definition) is 2. The average molecular weight is 389 g/mol. The van der Waals surface area contributed by atoms with Crippen molar-refractivity contribution in [2.75, 3.05) is 0 Å². The van der Waals surface area contributed by atoms with Crippen LogP contribution in [0.15, 0.2) is 61.2 Å². The lowest BCUT2D eigenvalue weighted by atomic mass is 10.1. The molecule has 1 unspecified atom stereocenters. The number of para-hydroxylation sites is 1. The largest absolute Gasteiger partial charge is 0.334 e. The minimum absolute atomic E-state index is 0.247. The lowest BCUT2D eigenvalue weighted by Gasteiger charge is -2.17. The van der Waals surface area contributed by atoms with Crippen molar-refractivity contribution in [3.8, 4) is 5.69 Å². The highest BCUT2D eigenvalue weighted by atomic mass is 35.5. The number of benzene rings is 2. The molecule has 2 amide bonds. The van der Waals surface area contributed by atoms with Crippen molar-refractivity contribution >= 4 is 29.2 Å². The number of carbonyl (C=O) groups excluding carboxylic acids is 1. The topological polar surface area (TPSA) is 59.0 Å². The highest BCUT2D eigenvalue weighted by Gasteiger charge is 2.13. The molecule has 0 aliphatic carbocycles. The van der Waals surface area contributed by atoms with Gasteiger partial charge in [0.15, 0.2) is 0 Å². The van der Waals surface area contributed by atoms with Gasteiger partial charge in [-0.15, -0.1) is 0 Å². The highest BCUT2D eigenvalue weighted by Crippen LogP contribution is 2.26. The molecule has 0 bridgehead atoms. The van der Waals surface area contributed by atoms with Crippen molar-refractivity contribution in [1.29, 1.82) is 0 Å². The minimum atomic E-state index is -0.274. The van der Waals surface area contributed by atoms with Gasteiger partial charge in [-0.1, -0.05) is 47.5 Å². The third-order valence-corrected chi connectivity index (χ3v) is 4.55. The van der Waals surface area contributed by atoms with Crippen molar-refractivity contribution in [3.63, 3.8) is 0 Å². The number of halogens is 2. The van der Waals surface area contributed by atoms with E-state index in [0.29, 0.717) is 16.6 Å². The van der Waals surface area contributed by atoms with Crippen LogP contribution in [0.4, 0.5) is 4.79 Å². The molecule has 0 saturated carbocycles. The highest BCUT2D eigenvalue weighted by molar-refractivity contribution is 6.35. The van der Waals surface area contributed by atoms with Gasteiger partial charge in [-0.2, -0.15) is 0 Å². The molecule has 26 heavy (non-hydrogen) atoms. The number of nitrogens with zero attached hydrogens (tertiary/aromatic N) is 2. The molecule has 2 N–H and O–H groups in total. The third-order valence-electron chi connectivity index (χ3n) is 3.99. The van der Waals surface area contributed by atoms with E-state index in [2.05, 4.69) is 15.6 Å². The number of imidazole rings is 1. The van der Waals surface area contributed by atoms with Crippen molar-refractivity contribution in [1.82, 2.24) is 20.2 Å². The van der Waals surface area contributed by atoms with E-state index >= 15 is 0 Å². The predicted octanol–water partition coefficient (Wildman–Crippen LogP) is 4.74. The van der Waals surface area contributed by atoms with E-state index in [0.717, 1.165) is 16.8 Å². The van der Waals surface area contributed by atoms with Gasteiger partial charge in [0.2, 0.25) is 0 Å². The van der Waals surface area contributed by atoms with E-state index in [1.54, 1.807) is 24.7 Å². The maximum absolute atomic E-state index is 12.3. The van der Waals surface area contributed by atoms with Crippen molar-refractivity contribution in [2.45, 2.75) is 19.5 Å². The second kappa shape index (κ2) is 8.25. The molecule has 1 heterocycles. The Morgan fingerprint density at radius 2 is 2.04 bits per heavy atom. The van der Waals surface area contributed by atoms with E-state index in [1.807, 2.05) is 48.0 Å². The first kappa shape index (κ1) is 18.3. The van der Waals surface area contributed by atoms with E-state index in [-0.39, 0.29) is 12.1 Å². The zero-order chi connectivity index (χ0) is 18.5. The van der Waals surface area contributed by atoms with E-state index in [9.17, 15) is 4.79 Å². The fraction of sp³-hybridized carbons (Fsp3) is 0.158. The summed E-state index contributed by atoms with van der Waals surface area (Å²) in [4.78, 5) is 16.3. The Morgan fingerprint density at radius 1 is 1.23 bits per heavy atom. The Hall–Kier alpha value is -2.50. The smallest absolute Gasteiger partial charge is 0.315 e. The van der Waals surface area contributed by atoms with Crippen LogP contribution >= 0.6 is 23.2 Å². The number of hydrogen-bond donors (Lipinski definition) is 2. The van der Waals surface area contributed by atoms with Crippen LogP contribution in [0.3, 0.4) is 0 Å². The van der Waals surface area contributed by atoms with E-state index in [4.69, 9.17) is 23.2 Å². The van der Waals surface area contributed by atoms with Crippen LogP contribution in [0.2, 0.25) is 10.0 Å². The SMILES string of the molecule is CC(NC(=O)NCc1ccccc1-n1ccnc1)c1ccc(Cl)cc1Cl. The molecule has 0 aliphatic rings. The molecule has 2 aromatic carbocycles. The van der Waals surface area contributed by atoms with Crippen molar-refractivity contribution < 1.29 is 4.79 Å².